The van der Waals surface area contributed by atoms with Crippen LogP contribution in [0.3, 0.4) is 0 Å². The number of fused-ring (bicyclic) bond motifs is 1. The Morgan fingerprint density at radius 3 is 2.76 bits per heavy atom. The predicted octanol–water partition coefficient (Wildman–Crippen LogP) is 4.57. The number of amides is 1. The van der Waals surface area contributed by atoms with Gasteiger partial charge < -0.3 is 4.74 Å². The molecule has 0 aromatic heterocycles. The third-order valence-electron chi connectivity index (χ3n) is 3.69. The molecule has 1 heterocycles. The fourth-order valence-electron chi connectivity index (χ4n) is 2.59. The second kappa shape index (κ2) is 5.95. The van der Waals surface area contributed by atoms with Gasteiger partial charge in [-0.15, -0.1) is 0 Å². The van der Waals surface area contributed by atoms with Crippen LogP contribution < -0.4 is 4.90 Å². The van der Waals surface area contributed by atoms with Crippen molar-refractivity contribution < 1.29 is 22.7 Å². The van der Waals surface area contributed by atoms with Gasteiger partial charge in [0, 0.05) is 6.54 Å². The molecule has 1 aliphatic rings. The number of anilines is 1. The molecule has 0 bridgehead atoms. The molecule has 1 aliphatic heterocycles. The predicted molar refractivity (Wildman–Crippen MR) is 73.5 cm³/mol. The van der Waals surface area contributed by atoms with Gasteiger partial charge in [0.2, 0.25) is 0 Å². The van der Waals surface area contributed by atoms with E-state index in [9.17, 15) is 18.0 Å². The van der Waals surface area contributed by atoms with Gasteiger partial charge in [0.25, 0.3) is 0 Å². The van der Waals surface area contributed by atoms with Gasteiger partial charge in [-0.3, -0.25) is 4.90 Å². The third-order valence-corrected chi connectivity index (χ3v) is 3.69. The number of ether oxygens (including phenoxy) is 1. The smallest absolute Gasteiger partial charge is 0.416 e. The Hall–Kier alpha value is -1.72. The summed E-state index contributed by atoms with van der Waals surface area (Å²) >= 11 is 0. The van der Waals surface area contributed by atoms with Crippen LogP contribution in [0.2, 0.25) is 0 Å². The summed E-state index contributed by atoms with van der Waals surface area (Å²) < 4.78 is 43.7. The molecule has 1 amide bonds. The first-order valence-corrected chi connectivity index (χ1v) is 7.00. The molecule has 6 heteroatoms. The van der Waals surface area contributed by atoms with Gasteiger partial charge in [-0.25, -0.2) is 4.79 Å². The zero-order valence-corrected chi connectivity index (χ0v) is 12.0. The molecular weight excluding hydrogens is 283 g/mol. The number of benzene rings is 1. The molecule has 1 atom stereocenters. The van der Waals surface area contributed by atoms with Crippen molar-refractivity contribution in [2.45, 2.75) is 38.8 Å². The highest BCUT2D eigenvalue weighted by Gasteiger charge is 2.33. The van der Waals surface area contributed by atoms with Gasteiger partial charge in [-0.05, 0) is 43.4 Å². The molecule has 21 heavy (non-hydrogen) atoms. The highest BCUT2D eigenvalue weighted by Crippen LogP contribution is 2.39. The van der Waals surface area contributed by atoms with Crippen LogP contribution in [-0.2, 0) is 10.9 Å². The van der Waals surface area contributed by atoms with Crippen molar-refractivity contribution in [2.75, 3.05) is 18.1 Å². The van der Waals surface area contributed by atoms with Crippen molar-refractivity contribution in [1.29, 1.82) is 0 Å². The molecule has 3 nitrogen and oxygen atoms in total. The van der Waals surface area contributed by atoms with Crippen LogP contribution in [0.1, 0.15) is 43.7 Å². The number of halogens is 3. The highest BCUT2D eigenvalue weighted by atomic mass is 19.4. The highest BCUT2D eigenvalue weighted by molar-refractivity contribution is 5.89. The van der Waals surface area contributed by atoms with Gasteiger partial charge in [-0.1, -0.05) is 13.0 Å². The number of hydrogen-bond donors (Lipinski definition) is 0. The maximum atomic E-state index is 12.9. The number of nitrogens with zero attached hydrogens (tertiary/aromatic N) is 1. The molecule has 0 saturated heterocycles. The van der Waals surface area contributed by atoms with Crippen molar-refractivity contribution in [3.8, 4) is 0 Å². The van der Waals surface area contributed by atoms with E-state index in [-0.39, 0.29) is 12.5 Å². The van der Waals surface area contributed by atoms with Gasteiger partial charge in [-0.2, -0.15) is 13.2 Å². The first kappa shape index (κ1) is 15.7. The van der Waals surface area contributed by atoms with E-state index >= 15 is 0 Å². The molecule has 0 radical (unpaired) electrons. The molecular formula is C15H18F3NO2. The van der Waals surface area contributed by atoms with E-state index in [0.717, 1.165) is 30.5 Å². The van der Waals surface area contributed by atoms with Crippen LogP contribution in [0.4, 0.5) is 23.7 Å². The van der Waals surface area contributed by atoms with Gasteiger partial charge >= 0.3 is 12.3 Å². The van der Waals surface area contributed by atoms with Crippen molar-refractivity contribution in [3.63, 3.8) is 0 Å². The molecule has 0 fully saturated rings. The monoisotopic (exact) mass is 301 g/mol. The lowest BCUT2D eigenvalue weighted by atomic mass is 9.95. The Morgan fingerprint density at radius 1 is 1.43 bits per heavy atom. The largest absolute Gasteiger partial charge is 0.449 e. The summed E-state index contributed by atoms with van der Waals surface area (Å²) in [6.07, 6.45) is -3.46. The summed E-state index contributed by atoms with van der Waals surface area (Å²) in [5.74, 6) is 0.113. The van der Waals surface area contributed by atoms with E-state index in [4.69, 9.17) is 4.74 Å². The Morgan fingerprint density at radius 2 is 2.14 bits per heavy atom. The van der Waals surface area contributed by atoms with Gasteiger partial charge in [0.1, 0.15) is 0 Å². The van der Waals surface area contributed by atoms with Crippen molar-refractivity contribution in [2.24, 2.45) is 0 Å². The Bertz CT molecular complexity index is 528. The van der Waals surface area contributed by atoms with Crippen LogP contribution in [0.5, 0.6) is 0 Å². The standard InChI is InChI=1S/C15H18F3NO2/c1-3-21-14(20)19-8-4-5-10(2)12-7-6-11(9-13(12)19)15(16,17)18/h6-7,9-10H,3-5,8H2,1-2H3. The molecule has 2 rings (SSSR count). The average molecular weight is 301 g/mol. The minimum Gasteiger partial charge on any atom is -0.449 e. The summed E-state index contributed by atoms with van der Waals surface area (Å²) in [7, 11) is 0. The molecule has 0 N–H and O–H groups in total. The van der Waals surface area contributed by atoms with Crippen molar-refractivity contribution in [3.05, 3.63) is 29.3 Å². The Kier molecular flexibility index (Phi) is 4.44. The van der Waals surface area contributed by atoms with E-state index in [1.54, 1.807) is 6.92 Å². The summed E-state index contributed by atoms with van der Waals surface area (Å²) in [5.41, 5.74) is 0.325. The molecule has 1 aromatic carbocycles. The first-order chi connectivity index (χ1) is 9.84. The lowest BCUT2D eigenvalue weighted by Gasteiger charge is -2.24. The maximum Gasteiger partial charge on any atom is 0.416 e. The molecule has 116 valence electrons. The SMILES string of the molecule is CCOC(=O)N1CCCC(C)c2ccc(C(F)(F)F)cc21. The fraction of sp³-hybridized carbons (Fsp3) is 0.533. The Balaban J connectivity index is 2.49. The molecule has 1 unspecified atom stereocenters. The van der Waals surface area contributed by atoms with E-state index in [0.29, 0.717) is 12.2 Å². The Labute approximate surface area is 121 Å². The number of alkyl halides is 3. The van der Waals surface area contributed by atoms with Crippen LogP contribution in [-0.4, -0.2) is 19.2 Å². The lowest BCUT2D eigenvalue weighted by Crippen LogP contribution is -2.32. The van der Waals surface area contributed by atoms with Gasteiger partial charge in [0.05, 0.1) is 17.9 Å². The lowest BCUT2D eigenvalue weighted by molar-refractivity contribution is -0.137. The number of carbonyl (C=O) groups is 1. The van der Waals surface area contributed by atoms with Crippen molar-refractivity contribution >= 4 is 11.8 Å². The average Bonchev–Trinajstić information content (AvgIpc) is 2.57. The summed E-state index contributed by atoms with van der Waals surface area (Å²) in [4.78, 5) is 13.3. The van der Waals surface area contributed by atoms with Crippen LogP contribution in [0.15, 0.2) is 18.2 Å². The maximum absolute atomic E-state index is 12.9. The third kappa shape index (κ3) is 3.31. The molecule has 0 aliphatic carbocycles. The minimum absolute atomic E-state index is 0.113. The second-order valence-electron chi connectivity index (χ2n) is 5.17. The second-order valence-corrected chi connectivity index (χ2v) is 5.17. The normalized spacial score (nSPS) is 18.9. The van der Waals surface area contributed by atoms with Gasteiger partial charge in [0.15, 0.2) is 0 Å². The number of rotatable bonds is 1. The quantitative estimate of drug-likeness (QED) is 0.760. The molecule has 0 saturated carbocycles. The zero-order chi connectivity index (χ0) is 15.6. The first-order valence-electron chi connectivity index (χ1n) is 7.00. The van der Waals surface area contributed by atoms with Crippen LogP contribution in [0.25, 0.3) is 0 Å². The molecule has 1 aromatic rings. The fourth-order valence-corrected chi connectivity index (χ4v) is 2.59. The summed E-state index contributed by atoms with van der Waals surface area (Å²) in [6.45, 7) is 4.20. The van der Waals surface area contributed by atoms with Crippen LogP contribution >= 0.6 is 0 Å². The topological polar surface area (TPSA) is 29.5 Å². The summed E-state index contributed by atoms with van der Waals surface area (Å²) in [5, 5.41) is 0. The number of carbonyl (C=O) groups excluding carboxylic acids is 1. The van der Waals surface area contributed by atoms with E-state index < -0.39 is 17.8 Å². The van der Waals surface area contributed by atoms with E-state index in [1.807, 2.05) is 6.92 Å². The molecule has 0 spiro atoms. The number of hydrogen-bond acceptors (Lipinski definition) is 2. The van der Waals surface area contributed by atoms with Crippen molar-refractivity contribution in [1.82, 2.24) is 0 Å². The summed E-state index contributed by atoms with van der Waals surface area (Å²) in [6, 6.07) is 3.60. The van der Waals surface area contributed by atoms with Crippen LogP contribution in [0, 0.1) is 0 Å². The minimum atomic E-state index is -4.43. The van der Waals surface area contributed by atoms with E-state index in [2.05, 4.69) is 0 Å². The zero-order valence-electron chi connectivity index (χ0n) is 12.0. The van der Waals surface area contributed by atoms with E-state index in [1.165, 1.54) is 11.0 Å².